The van der Waals surface area contributed by atoms with E-state index in [-0.39, 0.29) is 5.56 Å². The zero-order chi connectivity index (χ0) is 8.27. The first-order chi connectivity index (χ1) is 5.24. The van der Waals surface area contributed by atoms with Crippen molar-refractivity contribution in [2.45, 2.75) is 0 Å². The smallest absolute Gasteiger partial charge is 0.194 e. The number of aliphatic hydroxyl groups is 1. The number of rotatable bonds is 2. The van der Waals surface area contributed by atoms with Crippen molar-refractivity contribution in [3.63, 3.8) is 0 Å². The monoisotopic (exact) mass is 153 g/mol. The quantitative estimate of drug-likeness (QED) is 0.353. The van der Waals surface area contributed by atoms with Gasteiger partial charge in [0.25, 0.3) is 0 Å². The summed E-state index contributed by atoms with van der Waals surface area (Å²) >= 11 is 0. The minimum atomic E-state index is -0.565. The third-order valence-corrected chi connectivity index (χ3v) is 1.24. The Bertz CT molecular complexity index is 272. The molecule has 1 N–H and O–H groups in total. The van der Waals surface area contributed by atoms with E-state index in [2.05, 4.69) is 0 Å². The van der Waals surface area contributed by atoms with Crippen LogP contribution < -0.4 is 4.73 Å². The summed E-state index contributed by atoms with van der Waals surface area (Å²) in [6, 6.07) is 2.93. The molecule has 0 saturated carbocycles. The third kappa shape index (κ3) is 1.75. The van der Waals surface area contributed by atoms with Crippen molar-refractivity contribution in [2.24, 2.45) is 0 Å². The van der Waals surface area contributed by atoms with Crippen LogP contribution in [0.3, 0.4) is 0 Å². The summed E-state index contributed by atoms with van der Waals surface area (Å²) in [7, 11) is 0. The first-order valence-corrected chi connectivity index (χ1v) is 3.07. The van der Waals surface area contributed by atoms with Crippen LogP contribution >= 0.6 is 0 Å². The van der Waals surface area contributed by atoms with E-state index in [0.717, 1.165) is 6.20 Å². The molecule has 0 aliphatic carbocycles. The molecule has 1 aromatic rings. The first kappa shape index (κ1) is 7.68. The number of carbonyl (C=O) groups excluding carboxylic acids is 1. The molecule has 0 saturated heterocycles. The summed E-state index contributed by atoms with van der Waals surface area (Å²) in [5.74, 6) is -0.449. The van der Waals surface area contributed by atoms with Gasteiger partial charge in [0.2, 0.25) is 0 Å². The molecular formula is C7H7NO3. The number of hydrogen-bond acceptors (Lipinski definition) is 3. The normalized spacial score (nSPS) is 9.55. The van der Waals surface area contributed by atoms with Crippen LogP contribution in [0.25, 0.3) is 0 Å². The second-order valence-electron chi connectivity index (χ2n) is 2.03. The van der Waals surface area contributed by atoms with Crippen LogP contribution in [0.2, 0.25) is 0 Å². The highest BCUT2D eigenvalue weighted by atomic mass is 16.5. The van der Waals surface area contributed by atoms with Crippen molar-refractivity contribution in [1.82, 2.24) is 0 Å². The fourth-order valence-electron chi connectivity index (χ4n) is 0.711. The van der Waals surface area contributed by atoms with Crippen molar-refractivity contribution in [3.8, 4) is 0 Å². The van der Waals surface area contributed by atoms with Crippen LogP contribution in [0.1, 0.15) is 10.4 Å². The summed E-state index contributed by atoms with van der Waals surface area (Å²) in [5, 5.41) is 19.0. The summed E-state index contributed by atoms with van der Waals surface area (Å²) in [5.41, 5.74) is 0.227. The van der Waals surface area contributed by atoms with Gasteiger partial charge in [0, 0.05) is 6.07 Å². The Morgan fingerprint density at radius 2 is 2.45 bits per heavy atom. The van der Waals surface area contributed by atoms with E-state index in [4.69, 9.17) is 5.11 Å². The predicted octanol–water partition coefficient (Wildman–Crippen LogP) is -0.505. The molecule has 0 aliphatic heterocycles. The second-order valence-corrected chi connectivity index (χ2v) is 2.03. The number of Topliss-reactive ketones (excluding diaryl/α,β-unsaturated/α-hetero) is 1. The number of hydrogen-bond donors (Lipinski definition) is 1. The van der Waals surface area contributed by atoms with Crippen LogP contribution in [-0.4, -0.2) is 17.5 Å². The molecule has 0 spiro atoms. The van der Waals surface area contributed by atoms with Gasteiger partial charge in [-0.3, -0.25) is 4.79 Å². The molecule has 0 aromatic carbocycles. The lowest BCUT2D eigenvalue weighted by Gasteiger charge is -1.96. The first-order valence-electron chi connectivity index (χ1n) is 3.07. The maximum Gasteiger partial charge on any atom is 0.194 e. The topological polar surface area (TPSA) is 64.2 Å². The summed E-state index contributed by atoms with van der Waals surface area (Å²) in [4.78, 5) is 10.8. The van der Waals surface area contributed by atoms with E-state index in [1.807, 2.05) is 0 Å². The molecule has 11 heavy (non-hydrogen) atoms. The Labute approximate surface area is 63.3 Å². The van der Waals surface area contributed by atoms with Crippen molar-refractivity contribution >= 4 is 5.78 Å². The molecule has 1 aromatic heterocycles. The molecule has 58 valence electrons. The zero-order valence-corrected chi connectivity index (χ0v) is 5.73. The highest BCUT2D eigenvalue weighted by molar-refractivity contribution is 5.96. The number of aliphatic hydroxyl groups excluding tert-OH is 1. The fraction of sp³-hybridized carbons (Fsp3) is 0.143. The molecule has 1 rings (SSSR count). The predicted molar refractivity (Wildman–Crippen MR) is 36.8 cm³/mol. The van der Waals surface area contributed by atoms with Gasteiger partial charge in [-0.15, -0.1) is 0 Å². The number of nitrogens with zero attached hydrogens (tertiary/aromatic N) is 1. The van der Waals surface area contributed by atoms with Gasteiger partial charge >= 0.3 is 0 Å². The van der Waals surface area contributed by atoms with E-state index < -0.39 is 12.4 Å². The van der Waals surface area contributed by atoms with Gasteiger partial charge in [0.1, 0.15) is 6.61 Å². The fourth-order valence-corrected chi connectivity index (χ4v) is 0.711. The SMILES string of the molecule is O=C(CO)c1ccc[n+]([O-])c1. The lowest BCUT2D eigenvalue weighted by molar-refractivity contribution is -0.605. The molecule has 4 nitrogen and oxygen atoms in total. The summed E-state index contributed by atoms with van der Waals surface area (Å²) < 4.78 is 0.517. The zero-order valence-electron chi connectivity index (χ0n) is 5.73. The third-order valence-electron chi connectivity index (χ3n) is 1.24. The average Bonchev–Trinajstić information content (AvgIpc) is 2.03. The van der Waals surface area contributed by atoms with Gasteiger partial charge in [0.15, 0.2) is 18.2 Å². The van der Waals surface area contributed by atoms with Crippen LogP contribution in [0, 0.1) is 5.21 Å². The Balaban J connectivity index is 2.96. The van der Waals surface area contributed by atoms with E-state index >= 15 is 0 Å². The van der Waals surface area contributed by atoms with E-state index in [9.17, 15) is 10.0 Å². The van der Waals surface area contributed by atoms with E-state index in [1.54, 1.807) is 0 Å². The Morgan fingerprint density at radius 1 is 1.73 bits per heavy atom. The minimum Gasteiger partial charge on any atom is -0.619 e. The summed E-state index contributed by atoms with van der Waals surface area (Å²) in [6.45, 7) is -0.565. The largest absolute Gasteiger partial charge is 0.619 e. The molecule has 0 fully saturated rings. The maximum absolute atomic E-state index is 10.8. The van der Waals surface area contributed by atoms with Crippen LogP contribution in [0.15, 0.2) is 24.5 Å². The Hall–Kier alpha value is -1.42. The Morgan fingerprint density at radius 3 is 3.00 bits per heavy atom. The summed E-state index contributed by atoms with van der Waals surface area (Å²) in [6.07, 6.45) is 2.40. The molecule has 0 unspecified atom stereocenters. The highest BCUT2D eigenvalue weighted by Crippen LogP contribution is 1.94. The average molecular weight is 153 g/mol. The van der Waals surface area contributed by atoms with Gasteiger partial charge < -0.3 is 10.3 Å². The molecule has 0 radical (unpaired) electrons. The number of aromatic nitrogens is 1. The van der Waals surface area contributed by atoms with Crippen molar-refractivity contribution < 1.29 is 14.6 Å². The van der Waals surface area contributed by atoms with Crippen LogP contribution in [-0.2, 0) is 0 Å². The molecule has 0 amide bonds. The van der Waals surface area contributed by atoms with Gasteiger partial charge in [-0.1, -0.05) is 0 Å². The van der Waals surface area contributed by atoms with Crippen molar-refractivity contribution in [3.05, 3.63) is 35.3 Å². The second kappa shape index (κ2) is 3.12. The molecule has 4 heteroatoms. The van der Waals surface area contributed by atoms with Gasteiger partial charge in [0.05, 0.1) is 5.56 Å². The highest BCUT2D eigenvalue weighted by Gasteiger charge is 2.05. The van der Waals surface area contributed by atoms with E-state index in [1.165, 1.54) is 18.3 Å². The van der Waals surface area contributed by atoms with Crippen LogP contribution in [0.4, 0.5) is 0 Å². The van der Waals surface area contributed by atoms with E-state index in [0.29, 0.717) is 4.73 Å². The van der Waals surface area contributed by atoms with Crippen molar-refractivity contribution in [1.29, 1.82) is 0 Å². The number of carbonyl (C=O) groups is 1. The minimum absolute atomic E-state index is 0.227. The standard InChI is InChI=1S/C7H7NO3/c9-5-7(10)6-2-1-3-8(11)4-6/h1-4,9H,5H2. The molecule has 0 atom stereocenters. The van der Waals surface area contributed by atoms with Crippen LogP contribution in [0.5, 0.6) is 0 Å². The lowest BCUT2D eigenvalue weighted by atomic mass is 10.2. The maximum atomic E-state index is 10.8. The molecule has 1 heterocycles. The molecular weight excluding hydrogens is 146 g/mol. The van der Waals surface area contributed by atoms with Gasteiger partial charge in [-0.25, -0.2) is 0 Å². The van der Waals surface area contributed by atoms with Crippen molar-refractivity contribution in [2.75, 3.05) is 6.61 Å². The number of pyridine rings is 1. The molecule has 0 aliphatic rings. The molecule has 0 bridgehead atoms. The number of ketones is 1. The van der Waals surface area contributed by atoms with Gasteiger partial charge in [-0.05, 0) is 6.07 Å². The Kier molecular flexibility index (Phi) is 2.18. The lowest BCUT2D eigenvalue weighted by Crippen LogP contribution is -2.26. The van der Waals surface area contributed by atoms with Gasteiger partial charge in [-0.2, -0.15) is 4.73 Å².